The highest BCUT2D eigenvalue weighted by molar-refractivity contribution is 5.60. The van der Waals surface area contributed by atoms with Gasteiger partial charge in [0.05, 0.1) is 25.1 Å². The summed E-state index contributed by atoms with van der Waals surface area (Å²) < 4.78 is 11.7. The number of pyridine rings is 1. The predicted molar refractivity (Wildman–Crippen MR) is 127 cm³/mol. The third kappa shape index (κ3) is 9.65. The number of unbranched alkanes of at least 4 members (excludes halogenated alkanes) is 8. The molecule has 0 saturated carbocycles. The lowest BCUT2D eigenvalue weighted by atomic mass is 10.1. The van der Waals surface area contributed by atoms with E-state index in [-0.39, 0.29) is 0 Å². The van der Waals surface area contributed by atoms with Gasteiger partial charge in [0.2, 0.25) is 0 Å². The van der Waals surface area contributed by atoms with Crippen LogP contribution >= 0.6 is 0 Å². The molecule has 0 radical (unpaired) electrons. The van der Waals surface area contributed by atoms with Crippen LogP contribution in [-0.4, -0.2) is 18.2 Å². The predicted octanol–water partition coefficient (Wildman–Crippen LogP) is 8.08. The van der Waals surface area contributed by atoms with Gasteiger partial charge in [0, 0.05) is 5.56 Å². The van der Waals surface area contributed by atoms with Gasteiger partial charge in [0.1, 0.15) is 11.5 Å². The van der Waals surface area contributed by atoms with Crippen molar-refractivity contribution in [3.8, 4) is 22.8 Å². The van der Waals surface area contributed by atoms with Gasteiger partial charge < -0.3 is 9.47 Å². The van der Waals surface area contributed by atoms with Crippen LogP contribution in [0.15, 0.2) is 42.6 Å². The Morgan fingerprint density at radius 3 is 1.97 bits per heavy atom. The highest BCUT2D eigenvalue weighted by Gasteiger charge is 2.04. The quantitative estimate of drug-likeness (QED) is 0.262. The van der Waals surface area contributed by atoms with Crippen LogP contribution in [0, 0.1) is 5.92 Å². The van der Waals surface area contributed by atoms with Crippen LogP contribution in [0.3, 0.4) is 0 Å². The molecule has 30 heavy (non-hydrogen) atoms. The molecular formula is C27H41NO2. The number of nitrogens with zero attached hydrogens (tertiary/aromatic N) is 1. The maximum atomic E-state index is 5.90. The second-order valence-corrected chi connectivity index (χ2v) is 8.40. The summed E-state index contributed by atoms with van der Waals surface area (Å²) in [5.41, 5.74) is 2.05. The Balaban J connectivity index is 1.64. The highest BCUT2D eigenvalue weighted by Crippen LogP contribution is 2.23. The Morgan fingerprint density at radius 2 is 1.37 bits per heavy atom. The lowest BCUT2D eigenvalue weighted by molar-refractivity contribution is 0.256. The van der Waals surface area contributed by atoms with Crippen molar-refractivity contribution in [2.75, 3.05) is 13.2 Å². The fourth-order valence-corrected chi connectivity index (χ4v) is 3.32. The van der Waals surface area contributed by atoms with Gasteiger partial charge in [0.15, 0.2) is 0 Å². The summed E-state index contributed by atoms with van der Waals surface area (Å²) >= 11 is 0. The summed E-state index contributed by atoms with van der Waals surface area (Å²) in [6.07, 6.45) is 14.9. The molecule has 2 rings (SSSR count). The lowest BCUT2D eigenvalue weighted by Gasteiger charge is -2.11. The Morgan fingerprint density at radius 1 is 0.733 bits per heavy atom. The second-order valence-electron chi connectivity index (χ2n) is 8.40. The number of ether oxygens (including phenoxy) is 2. The molecule has 166 valence electrons. The first kappa shape index (κ1) is 24.2. The van der Waals surface area contributed by atoms with Crippen molar-refractivity contribution in [2.45, 2.75) is 85.0 Å². The number of hydrogen-bond acceptors (Lipinski definition) is 3. The molecule has 0 amide bonds. The van der Waals surface area contributed by atoms with Crippen molar-refractivity contribution in [1.82, 2.24) is 4.98 Å². The summed E-state index contributed by atoms with van der Waals surface area (Å²) in [7, 11) is 0. The molecular weight excluding hydrogens is 370 g/mol. The van der Waals surface area contributed by atoms with E-state index in [4.69, 9.17) is 9.47 Å². The van der Waals surface area contributed by atoms with E-state index in [0.29, 0.717) is 5.92 Å². The minimum atomic E-state index is 0.563. The minimum Gasteiger partial charge on any atom is -0.494 e. The number of aromatic nitrogens is 1. The first-order valence-electron chi connectivity index (χ1n) is 12.0. The highest BCUT2D eigenvalue weighted by atomic mass is 16.5. The molecule has 1 heterocycles. The van der Waals surface area contributed by atoms with E-state index < -0.39 is 0 Å². The topological polar surface area (TPSA) is 31.4 Å². The third-order valence-electron chi connectivity index (χ3n) is 5.63. The molecule has 3 nitrogen and oxygen atoms in total. The summed E-state index contributed by atoms with van der Waals surface area (Å²) in [4.78, 5) is 4.54. The normalized spacial score (nSPS) is 12.0. The van der Waals surface area contributed by atoms with E-state index in [0.717, 1.165) is 48.8 Å². The SMILES string of the molecule is CCCCCCCCCCCOc1ccc(-c2ccc(OCC(C)CC)cn2)cc1. The second kappa shape index (κ2) is 14.9. The van der Waals surface area contributed by atoms with E-state index in [9.17, 15) is 0 Å². The first-order chi connectivity index (χ1) is 14.7. The van der Waals surface area contributed by atoms with Gasteiger partial charge in [-0.05, 0) is 48.7 Å². The fraction of sp³-hybridized carbons (Fsp3) is 0.593. The fourth-order valence-electron chi connectivity index (χ4n) is 3.32. The van der Waals surface area contributed by atoms with Crippen molar-refractivity contribution in [2.24, 2.45) is 5.92 Å². The summed E-state index contributed by atoms with van der Waals surface area (Å²) in [6.45, 7) is 8.19. The van der Waals surface area contributed by atoms with Crippen molar-refractivity contribution in [3.63, 3.8) is 0 Å². The van der Waals surface area contributed by atoms with Gasteiger partial charge in [-0.1, -0.05) is 78.6 Å². The van der Waals surface area contributed by atoms with Gasteiger partial charge in [-0.3, -0.25) is 4.98 Å². The molecule has 0 aliphatic carbocycles. The Labute approximate surface area is 184 Å². The molecule has 1 aromatic heterocycles. The Kier molecular flexibility index (Phi) is 12.0. The molecule has 0 saturated heterocycles. The first-order valence-corrected chi connectivity index (χ1v) is 12.0. The Bertz CT molecular complexity index is 666. The van der Waals surface area contributed by atoms with E-state index in [1.165, 1.54) is 51.4 Å². The number of benzene rings is 1. The molecule has 0 N–H and O–H groups in total. The summed E-state index contributed by atoms with van der Waals surface area (Å²) in [6, 6.07) is 12.3. The standard InChI is InChI=1S/C27H41NO2/c1-4-6-7-8-9-10-11-12-13-20-29-25-16-14-24(15-17-25)27-19-18-26(21-28-27)30-22-23(3)5-2/h14-19,21,23H,4-13,20,22H2,1-3H3. The summed E-state index contributed by atoms with van der Waals surface area (Å²) in [5.74, 6) is 2.33. The molecule has 1 unspecified atom stereocenters. The van der Waals surface area contributed by atoms with Crippen molar-refractivity contribution in [1.29, 1.82) is 0 Å². The molecule has 0 fully saturated rings. The zero-order valence-electron chi connectivity index (χ0n) is 19.4. The molecule has 1 atom stereocenters. The molecule has 0 spiro atoms. The molecule has 0 aliphatic rings. The lowest BCUT2D eigenvalue weighted by Crippen LogP contribution is -2.07. The molecule has 1 aromatic carbocycles. The van der Waals surface area contributed by atoms with Gasteiger partial charge in [-0.25, -0.2) is 0 Å². The zero-order chi connectivity index (χ0) is 21.4. The third-order valence-corrected chi connectivity index (χ3v) is 5.63. The maximum absolute atomic E-state index is 5.90. The minimum absolute atomic E-state index is 0.563. The Hall–Kier alpha value is -2.03. The van der Waals surface area contributed by atoms with Crippen LogP contribution in [0.4, 0.5) is 0 Å². The van der Waals surface area contributed by atoms with Gasteiger partial charge in [0.25, 0.3) is 0 Å². The van der Waals surface area contributed by atoms with Crippen LogP contribution in [0.1, 0.15) is 85.0 Å². The van der Waals surface area contributed by atoms with Crippen molar-refractivity contribution in [3.05, 3.63) is 42.6 Å². The molecule has 0 aliphatic heterocycles. The summed E-state index contributed by atoms with van der Waals surface area (Å²) in [5, 5.41) is 0. The van der Waals surface area contributed by atoms with Crippen LogP contribution in [0.5, 0.6) is 11.5 Å². The van der Waals surface area contributed by atoms with Crippen LogP contribution in [0.25, 0.3) is 11.3 Å². The van der Waals surface area contributed by atoms with E-state index >= 15 is 0 Å². The zero-order valence-corrected chi connectivity index (χ0v) is 19.4. The average molecular weight is 412 g/mol. The van der Waals surface area contributed by atoms with Gasteiger partial charge in [-0.15, -0.1) is 0 Å². The van der Waals surface area contributed by atoms with Crippen LogP contribution < -0.4 is 9.47 Å². The van der Waals surface area contributed by atoms with Gasteiger partial charge >= 0.3 is 0 Å². The van der Waals surface area contributed by atoms with Crippen LogP contribution in [0.2, 0.25) is 0 Å². The average Bonchev–Trinajstić information content (AvgIpc) is 2.79. The monoisotopic (exact) mass is 411 g/mol. The largest absolute Gasteiger partial charge is 0.494 e. The molecule has 0 bridgehead atoms. The smallest absolute Gasteiger partial charge is 0.137 e. The van der Waals surface area contributed by atoms with Crippen molar-refractivity contribution < 1.29 is 9.47 Å². The molecule has 2 aromatic rings. The van der Waals surface area contributed by atoms with Crippen molar-refractivity contribution >= 4 is 0 Å². The van der Waals surface area contributed by atoms with E-state index in [1.54, 1.807) is 0 Å². The van der Waals surface area contributed by atoms with Crippen LogP contribution in [-0.2, 0) is 0 Å². The van der Waals surface area contributed by atoms with E-state index in [1.807, 2.05) is 30.5 Å². The maximum Gasteiger partial charge on any atom is 0.137 e. The number of hydrogen-bond donors (Lipinski definition) is 0. The van der Waals surface area contributed by atoms with Gasteiger partial charge in [-0.2, -0.15) is 0 Å². The van der Waals surface area contributed by atoms with E-state index in [2.05, 4.69) is 37.9 Å². The number of rotatable bonds is 16. The molecule has 3 heteroatoms.